The number of ether oxygens (including phenoxy) is 1. The van der Waals surface area contributed by atoms with Crippen LogP contribution in [0.4, 0.5) is 4.39 Å². The maximum Gasteiger partial charge on any atom is 0.292 e. The van der Waals surface area contributed by atoms with E-state index in [0.717, 1.165) is 5.56 Å². The fraction of sp³-hybridized carbons (Fsp3) is 0.200. The van der Waals surface area contributed by atoms with Crippen LogP contribution in [0.5, 0.6) is 0 Å². The lowest BCUT2D eigenvalue weighted by molar-refractivity contribution is -0.126. The Hall–Kier alpha value is -1.89. The van der Waals surface area contributed by atoms with E-state index in [0.29, 0.717) is 6.47 Å². The summed E-state index contributed by atoms with van der Waals surface area (Å²) in [6, 6.07) is 6.28. The monoisotopic (exact) mass is 195 g/mol. The predicted octanol–water partition coefficient (Wildman–Crippen LogP) is 1.79. The number of benzene rings is 1. The molecule has 0 aliphatic carbocycles. The lowest BCUT2D eigenvalue weighted by Crippen LogP contribution is -1.82. The van der Waals surface area contributed by atoms with Gasteiger partial charge in [-0.05, 0) is 24.6 Å². The van der Waals surface area contributed by atoms with Crippen LogP contribution in [0.3, 0.4) is 0 Å². The Labute approximate surface area is 81.7 Å². The predicted molar refractivity (Wildman–Crippen MR) is 48.9 cm³/mol. The highest BCUT2D eigenvalue weighted by atomic mass is 19.1. The standard InChI is InChI=1S/C8H6FN.C2H4O2/c1-6-2-3-7(5-10)8(9)4-6;1-4-2-3/h2-4H,1H3;2H,1H3. The fourth-order valence-electron chi connectivity index (χ4n) is 0.711. The molecule has 0 aliphatic heterocycles. The molecule has 0 heterocycles. The highest BCUT2D eigenvalue weighted by Gasteiger charge is 1.98. The second-order valence-electron chi connectivity index (χ2n) is 2.43. The second kappa shape index (κ2) is 6.61. The molecule has 0 bridgehead atoms. The first-order valence-electron chi connectivity index (χ1n) is 3.78. The molecule has 4 heteroatoms. The third kappa shape index (κ3) is 4.21. The van der Waals surface area contributed by atoms with Crippen molar-refractivity contribution in [1.29, 1.82) is 5.26 Å². The van der Waals surface area contributed by atoms with E-state index < -0.39 is 5.82 Å². The number of hydrogen-bond acceptors (Lipinski definition) is 3. The highest BCUT2D eigenvalue weighted by molar-refractivity contribution is 5.36. The van der Waals surface area contributed by atoms with Gasteiger partial charge in [0.15, 0.2) is 0 Å². The van der Waals surface area contributed by atoms with Crippen LogP contribution in [0.25, 0.3) is 0 Å². The van der Waals surface area contributed by atoms with Gasteiger partial charge in [0.05, 0.1) is 12.7 Å². The van der Waals surface area contributed by atoms with Crippen molar-refractivity contribution in [3.63, 3.8) is 0 Å². The van der Waals surface area contributed by atoms with Crippen LogP contribution in [0, 0.1) is 24.1 Å². The third-order valence-electron chi connectivity index (χ3n) is 1.34. The van der Waals surface area contributed by atoms with E-state index in [1.165, 1.54) is 19.2 Å². The molecular weight excluding hydrogens is 185 g/mol. The number of methoxy groups -OCH3 is 1. The van der Waals surface area contributed by atoms with Crippen molar-refractivity contribution < 1.29 is 13.9 Å². The van der Waals surface area contributed by atoms with Crippen molar-refractivity contribution in [2.24, 2.45) is 0 Å². The van der Waals surface area contributed by atoms with E-state index in [9.17, 15) is 4.39 Å². The maximum atomic E-state index is 12.6. The number of hydrogen-bond donors (Lipinski definition) is 0. The van der Waals surface area contributed by atoms with E-state index in [1.54, 1.807) is 19.1 Å². The minimum Gasteiger partial charge on any atom is -0.471 e. The zero-order valence-electron chi connectivity index (χ0n) is 7.95. The van der Waals surface area contributed by atoms with Crippen LogP contribution < -0.4 is 0 Å². The molecule has 1 aromatic rings. The summed E-state index contributed by atoms with van der Waals surface area (Å²) in [4.78, 5) is 8.95. The number of rotatable bonds is 1. The molecule has 0 aromatic heterocycles. The Morgan fingerprint density at radius 1 is 1.57 bits per heavy atom. The number of carbonyl (C=O) groups excluding carboxylic acids is 1. The van der Waals surface area contributed by atoms with Gasteiger partial charge in [-0.25, -0.2) is 4.39 Å². The van der Waals surface area contributed by atoms with Gasteiger partial charge in [0.25, 0.3) is 6.47 Å². The molecule has 0 saturated carbocycles. The smallest absolute Gasteiger partial charge is 0.292 e. The first kappa shape index (κ1) is 12.1. The summed E-state index contributed by atoms with van der Waals surface area (Å²) in [5, 5.41) is 8.32. The van der Waals surface area contributed by atoms with Gasteiger partial charge < -0.3 is 4.74 Å². The van der Waals surface area contributed by atoms with Crippen LogP contribution >= 0.6 is 0 Å². The van der Waals surface area contributed by atoms with Gasteiger partial charge in [-0.3, -0.25) is 4.79 Å². The van der Waals surface area contributed by atoms with Crippen LogP contribution in [0.15, 0.2) is 18.2 Å². The minimum absolute atomic E-state index is 0.102. The molecule has 14 heavy (non-hydrogen) atoms. The van der Waals surface area contributed by atoms with Crippen LogP contribution in [0.2, 0.25) is 0 Å². The van der Waals surface area contributed by atoms with Crippen molar-refractivity contribution in [3.8, 4) is 6.07 Å². The van der Waals surface area contributed by atoms with Gasteiger partial charge in [0, 0.05) is 0 Å². The van der Waals surface area contributed by atoms with Crippen molar-refractivity contribution in [2.75, 3.05) is 7.11 Å². The number of nitrogens with zero attached hydrogens (tertiary/aromatic N) is 1. The van der Waals surface area contributed by atoms with Gasteiger partial charge in [-0.2, -0.15) is 5.26 Å². The lowest BCUT2D eigenvalue weighted by Gasteiger charge is -1.92. The largest absolute Gasteiger partial charge is 0.471 e. The lowest BCUT2D eigenvalue weighted by atomic mass is 10.1. The molecule has 74 valence electrons. The summed E-state index contributed by atoms with van der Waals surface area (Å²) in [5.41, 5.74) is 0.933. The Morgan fingerprint density at radius 2 is 2.14 bits per heavy atom. The molecular formula is C10H10FNO2. The molecule has 0 N–H and O–H groups in total. The Balaban J connectivity index is 0.000000364. The van der Waals surface area contributed by atoms with Gasteiger partial charge in [0.1, 0.15) is 11.9 Å². The Morgan fingerprint density at radius 3 is 2.50 bits per heavy atom. The van der Waals surface area contributed by atoms with Gasteiger partial charge in [-0.15, -0.1) is 0 Å². The van der Waals surface area contributed by atoms with Crippen LogP contribution in [-0.2, 0) is 9.53 Å². The van der Waals surface area contributed by atoms with Gasteiger partial charge >= 0.3 is 0 Å². The van der Waals surface area contributed by atoms with E-state index in [-0.39, 0.29) is 5.56 Å². The molecule has 0 amide bonds. The molecule has 3 nitrogen and oxygen atoms in total. The van der Waals surface area contributed by atoms with Gasteiger partial charge in [0.2, 0.25) is 0 Å². The van der Waals surface area contributed by atoms with E-state index >= 15 is 0 Å². The molecule has 1 rings (SSSR count). The van der Waals surface area contributed by atoms with E-state index in [2.05, 4.69) is 4.74 Å². The summed E-state index contributed by atoms with van der Waals surface area (Å²) < 4.78 is 16.5. The first-order valence-corrected chi connectivity index (χ1v) is 3.78. The summed E-state index contributed by atoms with van der Waals surface area (Å²) in [6.45, 7) is 2.16. The summed E-state index contributed by atoms with van der Waals surface area (Å²) in [6.07, 6.45) is 0. The molecule has 0 fully saturated rings. The molecule has 0 spiro atoms. The molecule has 0 unspecified atom stereocenters. The second-order valence-corrected chi connectivity index (χ2v) is 2.43. The van der Waals surface area contributed by atoms with Crippen molar-refractivity contribution in [3.05, 3.63) is 35.1 Å². The molecule has 0 radical (unpaired) electrons. The summed E-state index contributed by atoms with van der Waals surface area (Å²) >= 11 is 0. The Kier molecular flexibility index (Phi) is 5.72. The minimum atomic E-state index is -0.442. The first-order chi connectivity index (χ1) is 6.65. The van der Waals surface area contributed by atoms with Crippen molar-refractivity contribution in [1.82, 2.24) is 0 Å². The quantitative estimate of drug-likeness (QED) is 0.642. The maximum absolute atomic E-state index is 12.6. The topological polar surface area (TPSA) is 50.1 Å². The SMILES string of the molecule is COC=O.Cc1ccc(C#N)c(F)c1. The van der Waals surface area contributed by atoms with Crippen LogP contribution in [-0.4, -0.2) is 13.6 Å². The summed E-state index contributed by atoms with van der Waals surface area (Å²) in [5.74, 6) is -0.442. The fourth-order valence-corrected chi connectivity index (χ4v) is 0.711. The average molecular weight is 195 g/mol. The Bertz CT molecular complexity index is 344. The average Bonchev–Trinajstić information content (AvgIpc) is 2.18. The number of halogens is 1. The third-order valence-corrected chi connectivity index (χ3v) is 1.34. The zero-order valence-corrected chi connectivity index (χ0v) is 7.95. The molecule has 0 aliphatic rings. The number of carbonyl (C=O) groups is 1. The molecule has 1 aromatic carbocycles. The van der Waals surface area contributed by atoms with Gasteiger partial charge in [-0.1, -0.05) is 6.07 Å². The van der Waals surface area contributed by atoms with E-state index in [1.807, 2.05) is 0 Å². The van der Waals surface area contributed by atoms with E-state index in [4.69, 9.17) is 10.1 Å². The number of aryl methyl sites for hydroxylation is 1. The van der Waals surface area contributed by atoms with Crippen molar-refractivity contribution in [2.45, 2.75) is 6.92 Å². The zero-order chi connectivity index (χ0) is 11.0. The normalized spacial score (nSPS) is 7.86. The summed E-state index contributed by atoms with van der Waals surface area (Å²) in [7, 11) is 1.31. The molecule has 0 atom stereocenters. The molecule has 0 saturated heterocycles. The van der Waals surface area contributed by atoms with Crippen LogP contribution in [0.1, 0.15) is 11.1 Å². The number of nitriles is 1. The van der Waals surface area contributed by atoms with Crippen molar-refractivity contribution >= 4 is 6.47 Å². The highest BCUT2D eigenvalue weighted by Crippen LogP contribution is 2.07.